The highest BCUT2D eigenvalue weighted by molar-refractivity contribution is 5.27. The molecule has 0 bridgehead atoms. The van der Waals surface area contributed by atoms with E-state index in [1.54, 1.807) is 7.11 Å². The zero-order valence-corrected chi connectivity index (χ0v) is 14.3. The number of hydrogen-bond donors (Lipinski definition) is 1. The van der Waals surface area contributed by atoms with Crippen LogP contribution in [0, 0.1) is 13.8 Å². The van der Waals surface area contributed by atoms with Gasteiger partial charge in [-0.25, -0.2) is 9.97 Å². The molecule has 0 radical (unpaired) electrons. The van der Waals surface area contributed by atoms with Gasteiger partial charge in [0.1, 0.15) is 5.75 Å². The van der Waals surface area contributed by atoms with Crippen molar-refractivity contribution in [3.05, 3.63) is 71.3 Å². The summed E-state index contributed by atoms with van der Waals surface area (Å²) in [6.07, 6.45) is 2.00. The summed E-state index contributed by atoms with van der Waals surface area (Å²) in [5, 5.41) is 3.46. The van der Waals surface area contributed by atoms with Crippen molar-refractivity contribution in [3.8, 4) is 11.7 Å². The first kappa shape index (κ1) is 16.2. The minimum Gasteiger partial charge on any atom is -0.497 e. The van der Waals surface area contributed by atoms with Crippen molar-refractivity contribution in [3.63, 3.8) is 0 Å². The van der Waals surface area contributed by atoms with Crippen molar-refractivity contribution >= 4 is 0 Å². The van der Waals surface area contributed by atoms with Crippen LogP contribution in [0.2, 0.25) is 0 Å². The van der Waals surface area contributed by atoms with Crippen molar-refractivity contribution in [2.24, 2.45) is 0 Å². The molecule has 0 aliphatic carbocycles. The zero-order valence-electron chi connectivity index (χ0n) is 14.3. The molecule has 0 unspecified atom stereocenters. The summed E-state index contributed by atoms with van der Waals surface area (Å²) in [6.45, 7) is 5.52. The Bertz CT molecular complexity index is 788. The van der Waals surface area contributed by atoms with Crippen molar-refractivity contribution in [1.29, 1.82) is 0 Å². The molecule has 0 amide bonds. The third-order valence-electron chi connectivity index (χ3n) is 3.81. The van der Waals surface area contributed by atoms with Gasteiger partial charge in [-0.1, -0.05) is 12.1 Å². The van der Waals surface area contributed by atoms with Gasteiger partial charge in [-0.3, -0.25) is 4.57 Å². The SMILES string of the molecule is COc1ccc(CNCc2cccn2-c2nc(C)cc(C)n2)cc1. The molecule has 0 spiro atoms. The van der Waals surface area contributed by atoms with E-state index >= 15 is 0 Å². The molecule has 3 aromatic rings. The molecule has 124 valence electrons. The Morgan fingerprint density at radius 2 is 1.71 bits per heavy atom. The number of benzene rings is 1. The van der Waals surface area contributed by atoms with Crippen LogP contribution < -0.4 is 10.1 Å². The molecule has 0 saturated heterocycles. The van der Waals surface area contributed by atoms with Crippen LogP contribution in [0.4, 0.5) is 0 Å². The summed E-state index contributed by atoms with van der Waals surface area (Å²) in [5.41, 5.74) is 4.30. The topological polar surface area (TPSA) is 52.0 Å². The maximum Gasteiger partial charge on any atom is 0.234 e. The monoisotopic (exact) mass is 322 g/mol. The fraction of sp³-hybridized carbons (Fsp3) is 0.263. The van der Waals surface area contributed by atoms with Crippen LogP contribution in [0.25, 0.3) is 5.95 Å². The van der Waals surface area contributed by atoms with E-state index < -0.39 is 0 Å². The Kier molecular flexibility index (Phi) is 4.91. The van der Waals surface area contributed by atoms with Crippen molar-refractivity contribution in [2.45, 2.75) is 26.9 Å². The summed E-state index contributed by atoms with van der Waals surface area (Å²) in [7, 11) is 1.68. The quantitative estimate of drug-likeness (QED) is 0.757. The molecule has 1 aromatic carbocycles. The van der Waals surface area contributed by atoms with Crippen LogP contribution in [-0.4, -0.2) is 21.6 Å². The zero-order chi connectivity index (χ0) is 16.9. The number of ether oxygens (including phenoxy) is 1. The molecule has 0 aliphatic heterocycles. The molecule has 5 heteroatoms. The molecular formula is C19H22N4O. The van der Waals surface area contributed by atoms with E-state index in [1.807, 2.05) is 48.9 Å². The summed E-state index contributed by atoms with van der Waals surface area (Å²) >= 11 is 0. The first-order valence-corrected chi connectivity index (χ1v) is 7.98. The van der Waals surface area contributed by atoms with Crippen LogP contribution in [0.3, 0.4) is 0 Å². The predicted molar refractivity (Wildman–Crippen MR) is 94.4 cm³/mol. The Morgan fingerprint density at radius 1 is 1.00 bits per heavy atom. The van der Waals surface area contributed by atoms with Gasteiger partial charge < -0.3 is 10.1 Å². The molecule has 5 nitrogen and oxygen atoms in total. The number of nitrogens with one attached hydrogen (secondary N) is 1. The number of aromatic nitrogens is 3. The standard InChI is InChI=1S/C19H22N4O/c1-14-11-15(2)22-19(21-14)23-10-4-5-17(23)13-20-12-16-6-8-18(24-3)9-7-16/h4-11,20H,12-13H2,1-3H3. The van der Waals surface area contributed by atoms with Gasteiger partial charge in [-0.05, 0) is 49.7 Å². The number of nitrogens with zero attached hydrogens (tertiary/aromatic N) is 3. The summed E-state index contributed by atoms with van der Waals surface area (Å²) < 4.78 is 7.21. The van der Waals surface area contributed by atoms with Gasteiger partial charge in [0.25, 0.3) is 0 Å². The molecule has 2 heterocycles. The molecule has 0 atom stereocenters. The lowest BCUT2D eigenvalue weighted by Crippen LogP contribution is -2.16. The molecule has 0 saturated carbocycles. The second kappa shape index (κ2) is 7.27. The Labute approximate surface area is 142 Å². The third kappa shape index (κ3) is 3.81. The van der Waals surface area contributed by atoms with Gasteiger partial charge in [-0.15, -0.1) is 0 Å². The maximum absolute atomic E-state index is 5.18. The van der Waals surface area contributed by atoms with Crippen LogP contribution >= 0.6 is 0 Å². The minimum absolute atomic E-state index is 0.721. The second-order valence-electron chi connectivity index (χ2n) is 5.77. The van der Waals surface area contributed by atoms with Crippen LogP contribution in [0.1, 0.15) is 22.6 Å². The first-order valence-electron chi connectivity index (χ1n) is 7.98. The first-order chi connectivity index (χ1) is 11.7. The highest BCUT2D eigenvalue weighted by Gasteiger charge is 2.07. The van der Waals surface area contributed by atoms with E-state index in [0.717, 1.165) is 41.9 Å². The molecule has 0 fully saturated rings. The summed E-state index contributed by atoms with van der Waals surface area (Å²) in [6, 6.07) is 14.2. The number of hydrogen-bond acceptors (Lipinski definition) is 4. The maximum atomic E-state index is 5.18. The fourth-order valence-electron chi connectivity index (χ4n) is 2.65. The van der Waals surface area contributed by atoms with E-state index in [9.17, 15) is 0 Å². The van der Waals surface area contributed by atoms with Gasteiger partial charge in [-0.2, -0.15) is 0 Å². The van der Waals surface area contributed by atoms with E-state index in [-0.39, 0.29) is 0 Å². The third-order valence-corrected chi connectivity index (χ3v) is 3.81. The highest BCUT2D eigenvalue weighted by atomic mass is 16.5. The van der Waals surface area contributed by atoms with E-state index in [1.165, 1.54) is 5.56 Å². The fourth-order valence-corrected chi connectivity index (χ4v) is 2.65. The van der Waals surface area contributed by atoms with Gasteiger partial charge in [0.2, 0.25) is 5.95 Å². The van der Waals surface area contributed by atoms with Crippen molar-refractivity contribution < 1.29 is 4.74 Å². The smallest absolute Gasteiger partial charge is 0.234 e. The van der Waals surface area contributed by atoms with Gasteiger partial charge >= 0.3 is 0 Å². The van der Waals surface area contributed by atoms with Crippen molar-refractivity contribution in [2.75, 3.05) is 7.11 Å². The van der Waals surface area contributed by atoms with Crippen LogP contribution in [0.15, 0.2) is 48.7 Å². The van der Waals surface area contributed by atoms with Crippen LogP contribution in [-0.2, 0) is 13.1 Å². The average molecular weight is 322 g/mol. The normalized spacial score (nSPS) is 10.8. The number of rotatable bonds is 6. The summed E-state index contributed by atoms with van der Waals surface area (Å²) in [5.74, 6) is 1.60. The Balaban J connectivity index is 1.67. The molecule has 1 N–H and O–H groups in total. The van der Waals surface area contributed by atoms with Gasteiger partial charge in [0.05, 0.1) is 7.11 Å². The van der Waals surface area contributed by atoms with Crippen molar-refractivity contribution in [1.82, 2.24) is 19.9 Å². The van der Waals surface area contributed by atoms with E-state index in [0.29, 0.717) is 0 Å². The number of methoxy groups -OCH3 is 1. The molecule has 2 aromatic heterocycles. The minimum atomic E-state index is 0.721. The predicted octanol–water partition coefficient (Wildman–Crippen LogP) is 3.18. The highest BCUT2D eigenvalue weighted by Crippen LogP contribution is 2.13. The molecular weight excluding hydrogens is 300 g/mol. The molecule has 0 aliphatic rings. The van der Waals surface area contributed by atoms with Crippen LogP contribution in [0.5, 0.6) is 5.75 Å². The molecule has 3 rings (SSSR count). The van der Waals surface area contributed by atoms with Gasteiger partial charge in [0.15, 0.2) is 0 Å². The van der Waals surface area contributed by atoms with E-state index in [4.69, 9.17) is 4.74 Å². The number of aryl methyl sites for hydroxylation is 2. The lowest BCUT2D eigenvalue weighted by atomic mass is 10.2. The Morgan fingerprint density at radius 3 is 2.38 bits per heavy atom. The molecule has 24 heavy (non-hydrogen) atoms. The largest absolute Gasteiger partial charge is 0.497 e. The van der Waals surface area contributed by atoms with Gasteiger partial charge in [0, 0.05) is 36.4 Å². The summed E-state index contributed by atoms with van der Waals surface area (Å²) in [4.78, 5) is 9.07. The Hall–Kier alpha value is -2.66. The lowest BCUT2D eigenvalue weighted by molar-refractivity contribution is 0.414. The lowest BCUT2D eigenvalue weighted by Gasteiger charge is -2.10. The van der Waals surface area contributed by atoms with E-state index in [2.05, 4.69) is 33.5 Å². The average Bonchev–Trinajstić information content (AvgIpc) is 3.03. The second-order valence-corrected chi connectivity index (χ2v) is 5.77.